The number of ether oxygens (including phenoxy) is 1. The smallest absolute Gasteiger partial charge is 0.228 e. The van der Waals surface area contributed by atoms with Crippen molar-refractivity contribution in [2.24, 2.45) is 15.9 Å². The summed E-state index contributed by atoms with van der Waals surface area (Å²) in [5.74, 6) is 0.568. The molecule has 30 heavy (non-hydrogen) atoms. The lowest BCUT2D eigenvalue weighted by molar-refractivity contribution is -0.123. The number of piperidine rings is 1. The zero-order valence-electron chi connectivity index (χ0n) is 17.1. The first-order valence-corrected chi connectivity index (χ1v) is 10.2. The third kappa shape index (κ3) is 4.60. The first-order chi connectivity index (χ1) is 14.6. The number of aliphatic imine (C=N–C) groups is 2. The van der Waals surface area contributed by atoms with Crippen LogP contribution in [0, 0.1) is 5.92 Å². The van der Waals surface area contributed by atoms with E-state index < -0.39 is 0 Å². The third-order valence-electron chi connectivity index (χ3n) is 5.67. The molecule has 8 heteroatoms. The molecule has 1 amide bonds. The minimum Gasteiger partial charge on any atom is -0.378 e. The van der Waals surface area contributed by atoms with Crippen molar-refractivity contribution in [2.75, 3.05) is 31.6 Å². The van der Waals surface area contributed by atoms with Gasteiger partial charge in [-0.05, 0) is 51.7 Å². The van der Waals surface area contributed by atoms with Crippen molar-refractivity contribution in [1.29, 1.82) is 0 Å². The van der Waals surface area contributed by atoms with Gasteiger partial charge in [0.2, 0.25) is 5.91 Å². The summed E-state index contributed by atoms with van der Waals surface area (Å²) in [6.45, 7) is 8.79. The van der Waals surface area contributed by atoms with Crippen molar-refractivity contribution < 1.29 is 9.53 Å². The van der Waals surface area contributed by atoms with Crippen LogP contribution in [0.5, 0.6) is 0 Å². The number of fused-ring (bicyclic) bond motifs is 1. The van der Waals surface area contributed by atoms with E-state index in [4.69, 9.17) is 4.74 Å². The molecule has 2 aliphatic rings. The number of carbonyl (C=O) groups is 1. The van der Waals surface area contributed by atoms with Gasteiger partial charge in [-0.25, -0.2) is 9.97 Å². The summed E-state index contributed by atoms with van der Waals surface area (Å²) in [7, 11) is 0. The standard InChI is InChI=1S/C22H26N6O2/c1-15(24-8-7-23-2)19-4-3-17-12-25-21(11-20(17)26-19)27-22(29)16-5-9-28(10-6-16)18-13-30-14-18/h3-4,7-8,11-12,16,18H,2,5-6,9-10,13-14H2,1H3,(H,25,27,29)/b8-7-,24-15+. The number of rotatable bonds is 6. The van der Waals surface area contributed by atoms with Crippen LogP contribution in [-0.4, -0.2) is 65.5 Å². The van der Waals surface area contributed by atoms with Gasteiger partial charge in [-0.3, -0.25) is 19.7 Å². The van der Waals surface area contributed by atoms with Crippen LogP contribution in [0.25, 0.3) is 10.9 Å². The first kappa shape index (κ1) is 20.3. The molecule has 2 saturated heterocycles. The fourth-order valence-corrected chi connectivity index (χ4v) is 3.73. The molecule has 156 valence electrons. The number of hydrogen-bond donors (Lipinski definition) is 1. The molecule has 2 aromatic rings. The zero-order chi connectivity index (χ0) is 20.9. The number of anilines is 1. The number of aromatic nitrogens is 2. The lowest BCUT2D eigenvalue weighted by Crippen LogP contribution is -2.52. The van der Waals surface area contributed by atoms with E-state index in [0.29, 0.717) is 11.9 Å². The average Bonchev–Trinajstić information content (AvgIpc) is 2.72. The van der Waals surface area contributed by atoms with Gasteiger partial charge >= 0.3 is 0 Å². The van der Waals surface area contributed by atoms with Crippen LogP contribution >= 0.6 is 0 Å². The zero-order valence-corrected chi connectivity index (χ0v) is 17.1. The van der Waals surface area contributed by atoms with Crippen LogP contribution in [-0.2, 0) is 9.53 Å². The topological polar surface area (TPSA) is 92.1 Å². The van der Waals surface area contributed by atoms with E-state index in [1.807, 2.05) is 25.1 Å². The van der Waals surface area contributed by atoms with E-state index in [1.165, 1.54) is 6.20 Å². The van der Waals surface area contributed by atoms with Crippen molar-refractivity contribution in [3.8, 4) is 0 Å². The Labute approximate surface area is 175 Å². The summed E-state index contributed by atoms with van der Waals surface area (Å²) in [6, 6.07) is 6.19. The molecule has 2 fully saturated rings. The van der Waals surface area contributed by atoms with Crippen LogP contribution in [0.15, 0.2) is 46.8 Å². The average molecular weight is 406 g/mol. The summed E-state index contributed by atoms with van der Waals surface area (Å²) in [6.07, 6.45) is 6.55. The molecule has 4 rings (SSSR count). The van der Waals surface area contributed by atoms with Crippen molar-refractivity contribution in [3.63, 3.8) is 0 Å². The maximum Gasteiger partial charge on any atom is 0.228 e. The monoisotopic (exact) mass is 406 g/mol. The molecule has 8 nitrogen and oxygen atoms in total. The molecular formula is C22H26N6O2. The molecule has 0 aromatic carbocycles. The van der Waals surface area contributed by atoms with Gasteiger partial charge in [0.05, 0.1) is 36.2 Å². The lowest BCUT2D eigenvalue weighted by atomic mass is 9.94. The molecule has 0 atom stereocenters. The molecule has 0 aliphatic carbocycles. The highest BCUT2D eigenvalue weighted by Crippen LogP contribution is 2.23. The molecule has 4 heterocycles. The SMILES string of the molecule is C=N/C=C\N=C(/C)c1ccc2cnc(NC(=O)C3CCN(C4COC4)CC3)cc2n1. The maximum atomic E-state index is 12.7. The van der Waals surface area contributed by atoms with Gasteiger partial charge in [-0.2, -0.15) is 0 Å². The number of hydrogen-bond acceptors (Lipinski definition) is 7. The van der Waals surface area contributed by atoms with Crippen LogP contribution in [0.2, 0.25) is 0 Å². The second kappa shape index (κ2) is 9.23. The summed E-state index contributed by atoms with van der Waals surface area (Å²) in [5.41, 5.74) is 2.29. The Morgan fingerprint density at radius 2 is 2.10 bits per heavy atom. The predicted octanol–water partition coefficient (Wildman–Crippen LogP) is 2.66. The van der Waals surface area contributed by atoms with Gasteiger partial charge in [-0.1, -0.05) is 0 Å². The molecule has 0 radical (unpaired) electrons. The summed E-state index contributed by atoms with van der Waals surface area (Å²) in [5, 5.41) is 3.88. The molecule has 2 aromatic heterocycles. The Morgan fingerprint density at radius 1 is 1.30 bits per heavy atom. The predicted molar refractivity (Wildman–Crippen MR) is 118 cm³/mol. The minimum atomic E-state index is 0.0127. The van der Waals surface area contributed by atoms with Crippen molar-refractivity contribution >= 4 is 35.1 Å². The number of pyridine rings is 2. The number of likely N-dealkylation sites (tertiary alicyclic amines) is 1. The number of nitrogens with zero attached hydrogens (tertiary/aromatic N) is 5. The minimum absolute atomic E-state index is 0.0127. The fraction of sp³-hybridized carbons (Fsp3) is 0.409. The Hall–Kier alpha value is -2.97. The van der Waals surface area contributed by atoms with Crippen molar-refractivity contribution in [2.45, 2.75) is 25.8 Å². The molecule has 0 unspecified atom stereocenters. The molecular weight excluding hydrogens is 380 g/mol. The fourth-order valence-electron chi connectivity index (χ4n) is 3.73. The largest absolute Gasteiger partial charge is 0.378 e. The van der Waals surface area contributed by atoms with Gasteiger partial charge in [0.1, 0.15) is 5.82 Å². The van der Waals surface area contributed by atoms with E-state index in [1.54, 1.807) is 12.4 Å². The second-order valence-corrected chi connectivity index (χ2v) is 7.64. The quantitative estimate of drug-likeness (QED) is 0.745. The summed E-state index contributed by atoms with van der Waals surface area (Å²) >= 11 is 0. The summed E-state index contributed by atoms with van der Waals surface area (Å²) < 4.78 is 5.27. The van der Waals surface area contributed by atoms with Crippen molar-refractivity contribution in [3.05, 3.63) is 42.5 Å². The third-order valence-corrected chi connectivity index (χ3v) is 5.67. The Kier molecular flexibility index (Phi) is 6.25. The van der Waals surface area contributed by atoms with Gasteiger partial charge in [0.25, 0.3) is 0 Å². The van der Waals surface area contributed by atoms with E-state index in [-0.39, 0.29) is 11.8 Å². The first-order valence-electron chi connectivity index (χ1n) is 10.2. The Balaban J connectivity index is 1.42. The highest BCUT2D eigenvalue weighted by molar-refractivity contribution is 5.99. The van der Waals surface area contributed by atoms with Gasteiger partial charge in [-0.15, -0.1) is 0 Å². The van der Waals surface area contributed by atoms with E-state index in [2.05, 4.69) is 36.9 Å². The van der Waals surface area contributed by atoms with E-state index >= 15 is 0 Å². The Bertz CT molecular complexity index is 990. The highest BCUT2D eigenvalue weighted by Gasteiger charge is 2.32. The van der Waals surface area contributed by atoms with Crippen LogP contribution in [0.1, 0.15) is 25.5 Å². The van der Waals surface area contributed by atoms with Crippen LogP contribution in [0.4, 0.5) is 5.82 Å². The normalized spacial score (nSPS) is 19.2. The molecule has 0 bridgehead atoms. The van der Waals surface area contributed by atoms with Gasteiger partial charge in [0, 0.05) is 36.0 Å². The Morgan fingerprint density at radius 3 is 2.80 bits per heavy atom. The van der Waals surface area contributed by atoms with Crippen LogP contribution in [0.3, 0.4) is 0 Å². The summed E-state index contributed by atoms with van der Waals surface area (Å²) in [4.78, 5) is 32.1. The molecule has 1 N–H and O–H groups in total. The number of nitrogens with one attached hydrogen (secondary N) is 1. The lowest BCUT2D eigenvalue weighted by Gasteiger charge is -2.41. The maximum absolute atomic E-state index is 12.7. The van der Waals surface area contributed by atoms with E-state index in [0.717, 1.165) is 61.5 Å². The second-order valence-electron chi connectivity index (χ2n) is 7.64. The number of amides is 1. The number of carbonyl (C=O) groups excluding carboxylic acids is 1. The molecule has 2 aliphatic heterocycles. The van der Waals surface area contributed by atoms with E-state index in [9.17, 15) is 4.79 Å². The highest BCUT2D eigenvalue weighted by atomic mass is 16.5. The molecule has 0 saturated carbocycles. The van der Waals surface area contributed by atoms with Gasteiger partial charge in [0.15, 0.2) is 0 Å². The van der Waals surface area contributed by atoms with Crippen molar-refractivity contribution in [1.82, 2.24) is 14.9 Å². The molecule has 0 spiro atoms. The van der Waals surface area contributed by atoms with Gasteiger partial charge < -0.3 is 10.1 Å². The van der Waals surface area contributed by atoms with Crippen LogP contribution < -0.4 is 5.32 Å².